The van der Waals surface area contributed by atoms with Crippen LogP contribution in [0.15, 0.2) is 18.2 Å². The Bertz CT molecular complexity index is 365. The molecule has 1 rings (SSSR count). The zero-order valence-corrected chi connectivity index (χ0v) is 10.0. The fourth-order valence-corrected chi connectivity index (χ4v) is 2.08. The number of rotatable bonds is 4. The lowest BCUT2D eigenvalue weighted by molar-refractivity contribution is 0.595. The van der Waals surface area contributed by atoms with Gasteiger partial charge in [0.05, 0.1) is 11.6 Å². The molecule has 1 nitrogen and oxygen atoms in total. The van der Waals surface area contributed by atoms with E-state index in [-0.39, 0.29) is 0 Å². The van der Waals surface area contributed by atoms with E-state index in [4.69, 9.17) is 16.9 Å². The summed E-state index contributed by atoms with van der Waals surface area (Å²) in [6.45, 7) is 4.33. The van der Waals surface area contributed by atoms with Crippen molar-refractivity contribution >= 4 is 11.6 Å². The Morgan fingerprint density at radius 1 is 1.40 bits per heavy atom. The van der Waals surface area contributed by atoms with Crippen molar-refractivity contribution in [1.82, 2.24) is 0 Å². The van der Waals surface area contributed by atoms with Crippen molar-refractivity contribution in [2.75, 3.05) is 0 Å². The first-order valence-electron chi connectivity index (χ1n) is 5.42. The summed E-state index contributed by atoms with van der Waals surface area (Å²) in [4.78, 5) is 0. The van der Waals surface area contributed by atoms with Crippen LogP contribution in [-0.2, 0) is 0 Å². The van der Waals surface area contributed by atoms with Crippen LogP contribution < -0.4 is 0 Å². The van der Waals surface area contributed by atoms with Gasteiger partial charge in [-0.2, -0.15) is 5.26 Å². The van der Waals surface area contributed by atoms with Crippen molar-refractivity contribution < 1.29 is 0 Å². The Balaban J connectivity index is 3.06. The molecule has 0 heterocycles. The minimum Gasteiger partial charge on any atom is -0.192 e. The lowest BCUT2D eigenvalue weighted by Crippen LogP contribution is -2.00. The molecule has 0 saturated heterocycles. The van der Waals surface area contributed by atoms with E-state index in [1.807, 2.05) is 12.1 Å². The van der Waals surface area contributed by atoms with Crippen LogP contribution in [0.5, 0.6) is 0 Å². The molecule has 1 aromatic carbocycles. The van der Waals surface area contributed by atoms with Gasteiger partial charge in [-0.3, -0.25) is 0 Å². The smallest absolute Gasteiger partial charge is 0.0995 e. The molecule has 2 heteroatoms. The van der Waals surface area contributed by atoms with E-state index in [0.29, 0.717) is 10.9 Å². The molecule has 1 aromatic rings. The van der Waals surface area contributed by atoms with Gasteiger partial charge in [-0.25, -0.2) is 0 Å². The molecule has 15 heavy (non-hydrogen) atoms. The van der Waals surface area contributed by atoms with Crippen molar-refractivity contribution in [1.29, 1.82) is 5.26 Å². The summed E-state index contributed by atoms with van der Waals surface area (Å²) in [5.74, 6) is 0.488. The highest BCUT2D eigenvalue weighted by Crippen LogP contribution is 2.28. The molecule has 0 spiro atoms. The average Bonchev–Trinajstić information content (AvgIpc) is 2.26. The maximum atomic E-state index is 9.05. The van der Waals surface area contributed by atoms with Crippen LogP contribution in [0.2, 0.25) is 5.02 Å². The average molecular weight is 222 g/mol. The molecule has 0 aliphatic heterocycles. The number of hydrogen-bond donors (Lipinski definition) is 0. The van der Waals surface area contributed by atoms with Crippen molar-refractivity contribution in [2.24, 2.45) is 0 Å². The summed E-state index contributed by atoms with van der Waals surface area (Å²) >= 11 is 5.87. The van der Waals surface area contributed by atoms with Gasteiger partial charge in [-0.15, -0.1) is 0 Å². The second kappa shape index (κ2) is 5.78. The van der Waals surface area contributed by atoms with Gasteiger partial charge in [0, 0.05) is 5.02 Å². The van der Waals surface area contributed by atoms with Gasteiger partial charge < -0.3 is 0 Å². The molecule has 80 valence electrons. The topological polar surface area (TPSA) is 23.8 Å². The van der Waals surface area contributed by atoms with Gasteiger partial charge in [0.15, 0.2) is 0 Å². The van der Waals surface area contributed by atoms with Crippen LogP contribution >= 0.6 is 11.6 Å². The highest BCUT2D eigenvalue weighted by molar-refractivity contribution is 6.30. The van der Waals surface area contributed by atoms with Gasteiger partial charge >= 0.3 is 0 Å². The molecule has 0 aliphatic carbocycles. The molecule has 0 aliphatic rings. The molecule has 0 bridgehead atoms. The van der Waals surface area contributed by atoms with Gasteiger partial charge in [-0.05, 0) is 36.5 Å². The first-order chi connectivity index (χ1) is 7.22. The van der Waals surface area contributed by atoms with Crippen LogP contribution in [0.1, 0.15) is 50.2 Å². The fraction of sp³-hybridized carbons (Fsp3) is 0.462. The molecule has 0 fully saturated rings. The molecule has 0 aromatic heterocycles. The SMILES string of the molecule is CCCC(CC)c1ccc(Cl)cc1C#N. The second-order valence-corrected chi connectivity index (χ2v) is 4.17. The molecular weight excluding hydrogens is 206 g/mol. The first kappa shape index (κ1) is 12.1. The monoisotopic (exact) mass is 221 g/mol. The summed E-state index contributed by atoms with van der Waals surface area (Å²) < 4.78 is 0. The Hall–Kier alpha value is -1.00. The van der Waals surface area contributed by atoms with E-state index in [9.17, 15) is 0 Å². The number of benzene rings is 1. The third kappa shape index (κ3) is 2.97. The maximum Gasteiger partial charge on any atom is 0.0995 e. The number of nitrogens with zero attached hydrogens (tertiary/aromatic N) is 1. The van der Waals surface area contributed by atoms with Crippen LogP contribution in [0.4, 0.5) is 0 Å². The lowest BCUT2D eigenvalue weighted by atomic mass is 9.89. The van der Waals surface area contributed by atoms with Gasteiger partial charge in [0.1, 0.15) is 0 Å². The predicted molar refractivity (Wildman–Crippen MR) is 64.1 cm³/mol. The van der Waals surface area contributed by atoms with Crippen molar-refractivity contribution in [3.63, 3.8) is 0 Å². The van der Waals surface area contributed by atoms with Crippen LogP contribution in [0.3, 0.4) is 0 Å². The van der Waals surface area contributed by atoms with E-state index in [2.05, 4.69) is 19.9 Å². The molecule has 0 saturated carbocycles. The zero-order chi connectivity index (χ0) is 11.3. The standard InChI is InChI=1S/C13H16ClN/c1-3-5-10(4-2)13-7-6-12(14)8-11(13)9-15/h6-8,10H,3-5H2,1-2H3. The zero-order valence-electron chi connectivity index (χ0n) is 9.26. The molecule has 0 N–H and O–H groups in total. The molecule has 0 radical (unpaired) electrons. The van der Waals surface area contributed by atoms with E-state index < -0.39 is 0 Å². The number of nitriles is 1. The quantitative estimate of drug-likeness (QED) is 0.734. The van der Waals surface area contributed by atoms with Gasteiger partial charge in [0.2, 0.25) is 0 Å². The third-order valence-corrected chi connectivity index (χ3v) is 2.94. The maximum absolute atomic E-state index is 9.05. The van der Waals surface area contributed by atoms with Crippen LogP contribution in [0, 0.1) is 11.3 Å². The molecule has 1 atom stereocenters. The molecule has 1 unspecified atom stereocenters. The second-order valence-electron chi connectivity index (χ2n) is 3.74. The summed E-state index contributed by atoms with van der Waals surface area (Å²) in [5.41, 5.74) is 1.87. The van der Waals surface area contributed by atoms with Gasteiger partial charge in [-0.1, -0.05) is 37.9 Å². The van der Waals surface area contributed by atoms with Crippen molar-refractivity contribution in [2.45, 2.75) is 39.0 Å². The van der Waals surface area contributed by atoms with E-state index >= 15 is 0 Å². The highest BCUT2D eigenvalue weighted by Gasteiger charge is 2.12. The number of halogens is 1. The van der Waals surface area contributed by atoms with Crippen LogP contribution in [0.25, 0.3) is 0 Å². The summed E-state index contributed by atoms with van der Waals surface area (Å²) in [7, 11) is 0. The molecule has 0 amide bonds. The summed E-state index contributed by atoms with van der Waals surface area (Å²) in [6.07, 6.45) is 3.35. The lowest BCUT2D eigenvalue weighted by Gasteiger charge is -2.15. The minimum atomic E-state index is 0.488. The van der Waals surface area contributed by atoms with E-state index in [1.165, 1.54) is 0 Å². The summed E-state index contributed by atoms with van der Waals surface area (Å²) in [6, 6.07) is 7.85. The summed E-state index contributed by atoms with van der Waals surface area (Å²) in [5, 5.41) is 9.69. The first-order valence-corrected chi connectivity index (χ1v) is 5.80. The Kier molecular flexibility index (Phi) is 4.65. The van der Waals surface area contributed by atoms with Crippen molar-refractivity contribution in [3.8, 4) is 6.07 Å². The predicted octanol–water partition coefficient (Wildman–Crippen LogP) is 4.51. The van der Waals surface area contributed by atoms with E-state index in [0.717, 1.165) is 30.4 Å². The van der Waals surface area contributed by atoms with Crippen LogP contribution in [-0.4, -0.2) is 0 Å². The van der Waals surface area contributed by atoms with Crippen molar-refractivity contribution in [3.05, 3.63) is 34.3 Å². The minimum absolute atomic E-state index is 0.488. The van der Waals surface area contributed by atoms with Gasteiger partial charge in [0.25, 0.3) is 0 Å². The highest BCUT2D eigenvalue weighted by atomic mass is 35.5. The number of hydrogen-bond acceptors (Lipinski definition) is 1. The third-order valence-electron chi connectivity index (χ3n) is 2.71. The normalized spacial score (nSPS) is 12.1. The largest absolute Gasteiger partial charge is 0.192 e. The Morgan fingerprint density at radius 3 is 2.67 bits per heavy atom. The fourth-order valence-electron chi connectivity index (χ4n) is 1.91. The van der Waals surface area contributed by atoms with E-state index in [1.54, 1.807) is 6.07 Å². The Morgan fingerprint density at radius 2 is 2.13 bits per heavy atom. The molecular formula is C13H16ClN. The Labute approximate surface area is 96.7 Å².